The van der Waals surface area contributed by atoms with Crippen molar-refractivity contribution in [1.29, 1.82) is 0 Å². The number of rotatable bonds is 2. The van der Waals surface area contributed by atoms with Gasteiger partial charge in [-0.05, 0) is 0 Å². The Morgan fingerprint density at radius 2 is 2.21 bits per heavy atom. The summed E-state index contributed by atoms with van der Waals surface area (Å²) in [6.07, 6.45) is 1.57. The Morgan fingerprint density at radius 3 is 2.93 bits per heavy atom. The van der Waals surface area contributed by atoms with Gasteiger partial charge in [0, 0.05) is 0 Å². The summed E-state index contributed by atoms with van der Waals surface area (Å²) in [6, 6.07) is 0. The molecule has 0 aliphatic heterocycles. The first-order chi connectivity index (χ1) is 6.74. The van der Waals surface area contributed by atoms with Crippen molar-refractivity contribution < 1.29 is 10.2 Å². The van der Waals surface area contributed by atoms with Crippen molar-refractivity contribution in [2.75, 3.05) is 12.3 Å². The molecule has 0 spiro atoms. The lowest BCUT2D eigenvalue weighted by atomic mass is 10.5. The molecule has 4 N–H and O–H groups in total. The van der Waals surface area contributed by atoms with Crippen molar-refractivity contribution in [3.05, 3.63) is 12.7 Å². The van der Waals surface area contributed by atoms with E-state index in [9.17, 15) is 5.11 Å². The highest BCUT2D eigenvalue weighted by Gasteiger charge is 2.12. The molecule has 2 aromatic heterocycles. The van der Waals surface area contributed by atoms with Crippen LogP contribution in [-0.2, 0) is 0 Å². The number of aliphatic hydroxyl groups excluding tert-OH is 2. The number of aromatic nitrogens is 4. The summed E-state index contributed by atoms with van der Waals surface area (Å²) < 4.78 is 1.33. The van der Waals surface area contributed by atoms with Gasteiger partial charge in [0.2, 0.25) is 0 Å². The molecule has 0 saturated carbocycles. The minimum absolute atomic E-state index is 0.249. The van der Waals surface area contributed by atoms with E-state index in [2.05, 4.69) is 15.0 Å². The maximum Gasteiger partial charge on any atom is 0.167 e. The van der Waals surface area contributed by atoms with Gasteiger partial charge >= 0.3 is 0 Å². The van der Waals surface area contributed by atoms with Crippen molar-refractivity contribution in [3.8, 4) is 0 Å². The van der Waals surface area contributed by atoms with E-state index >= 15 is 0 Å². The van der Waals surface area contributed by atoms with Crippen LogP contribution >= 0.6 is 0 Å². The Labute approximate surface area is 78.8 Å². The minimum Gasteiger partial charge on any atom is -0.392 e. The first kappa shape index (κ1) is 8.85. The van der Waals surface area contributed by atoms with Crippen LogP contribution in [-0.4, -0.2) is 36.3 Å². The molecule has 74 valence electrons. The molecule has 2 rings (SSSR count). The van der Waals surface area contributed by atoms with E-state index in [1.54, 1.807) is 0 Å². The van der Waals surface area contributed by atoms with Crippen LogP contribution in [0.1, 0.15) is 6.23 Å². The van der Waals surface area contributed by atoms with Gasteiger partial charge in [-0.1, -0.05) is 0 Å². The molecule has 2 heterocycles. The zero-order chi connectivity index (χ0) is 10.1. The summed E-state index contributed by atoms with van der Waals surface area (Å²) >= 11 is 0. The predicted octanol–water partition coefficient (Wildman–Crippen LogP) is -1.11. The molecule has 0 saturated heterocycles. The number of aliphatic hydroxyl groups is 2. The van der Waals surface area contributed by atoms with Crippen LogP contribution in [0, 0.1) is 0 Å². The fourth-order valence-electron chi connectivity index (χ4n) is 1.18. The Hall–Kier alpha value is -1.73. The van der Waals surface area contributed by atoms with Crippen LogP contribution in [0.3, 0.4) is 0 Å². The monoisotopic (exact) mass is 195 g/mol. The molecule has 0 aliphatic rings. The number of fused-ring (bicyclic) bond motifs is 1. The lowest BCUT2D eigenvalue weighted by Crippen LogP contribution is -2.11. The summed E-state index contributed by atoms with van der Waals surface area (Å²) in [5.74, 6) is 0.249. The Bertz CT molecular complexity index is 454. The highest BCUT2D eigenvalue weighted by atomic mass is 16.3. The van der Waals surface area contributed by atoms with E-state index in [4.69, 9.17) is 10.8 Å². The Morgan fingerprint density at radius 1 is 1.43 bits per heavy atom. The van der Waals surface area contributed by atoms with Crippen molar-refractivity contribution in [1.82, 2.24) is 19.5 Å². The fraction of sp³-hybridized carbons (Fsp3) is 0.286. The molecule has 0 bridgehead atoms. The second-order valence-corrected chi connectivity index (χ2v) is 2.75. The topological polar surface area (TPSA) is 110 Å². The molecule has 7 nitrogen and oxygen atoms in total. The molecular weight excluding hydrogens is 186 g/mol. The average Bonchev–Trinajstić information content (AvgIpc) is 2.62. The third-order valence-electron chi connectivity index (χ3n) is 1.87. The standard InChI is InChI=1S/C7H9N5O2/c8-6-5-7(10-2-9-6)12(3-11-5)4(14)1-13/h2-4,13-14H,1H2,(H2,8,9,10). The van der Waals surface area contributed by atoms with Crippen LogP contribution < -0.4 is 5.73 Å². The van der Waals surface area contributed by atoms with Gasteiger partial charge in [-0.15, -0.1) is 0 Å². The van der Waals surface area contributed by atoms with Crippen LogP contribution in [0.15, 0.2) is 12.7 Å². The molecule has 0 radical (unpaired) electrons. The fourth-order valence-corrected chi connectivity index (χ4v) is 1.18. The van der Waals surface area contributed by atoms with Gasteiger partial charge in [-0.25, -0.2) is 15.0 Å². The number of hydrogen-bond acceptors (Lipinski definition) is 6. The quantitative estimate of drug-likeness (QED) is 0.560. The molecule has 0 amide bonds. The number of nitrogens with zero attached hydrogens (tertiary/aromatic N) is 4. The highest BCUT2D eigenvalue weighted by Crippen LogP contribution is 2.16. The van der Waals surface area contributed by atoms with Gasteiger partial charge in [0.15, 0.2) is 17.7 Å². The minimum atomic E-state index is -1.06. The van der Waals surface area contributed by atoms with E-state index in [1.807, 2.05) is 0 Å². The SMILES string of the molecule is Nc1ncnc2c1ncn2C(O)CO. The predicted molar refractivity (Wildman–Crippen MR) is 48.1 cm³/mol. The van der Waals surface area contributed by atoms with E-state index in [0.29, 0.717) is 11.2 Å². The van der Waals surface area contributed by atoms with Crippen molar-refractivity contribution in [2.45, 2.75) is 6.23 Å². The number of anilines is 1. The van der Waals surface area contributed by atoms with E-state index in [-0.39, 0.29) is 5.82 Å². The maximum absolute atomic E-state index is 9.38. The first-order valence-corrected chi connectivity index (χ1v) is 3.96. The second kappa shape index (κ2) is 3.20. The number of hydrogen-bond donors (Lipinski definition) is 3. The van der Waals surface area contributed by atoms with Crippen LogP contribution in [0.5, 0.6) is 0 Å². The maximum atomic E-state index is 9.38. The average molecular weight is 195 g/mol. The molecule has 0 fully saturated rings. The molecule has 0 aromatic carbocycles. The number of nitrogens with two attached hydrogens (primary N) is 1. The summed E-state index contributed by atoms with van der Waals surface area (Å²) in [6.45, 7) is -0.407. The van der Waals surface area contributed by atoms with Crippen molar-refractivity contribution in [3.63, 3.8) is 0 Å². The van der Waals surface area contributed by atoms with E-state index in [1.165, 1.54) is 17.2 Å². The summed E-state index contributed by atoms with van der Waals surface area (Å²) in [5, 5.41) is 18.1. The molecular formula is C7H9N5O2. The van der Waals surface area contributed by atoms with Gasteiger partial charge in [0.1, 0.15) is 11.8 Å². The lowest BCUT2D eigenvalue weighted by Gasteiger charge is -2.08. The Balaban J connectivity index is 2.63. The highest BCUT2D eigenvalue weighted by molar-refractivity contribution is 5.81. The molecule has 1 atom stereocenters. The first-order valence-electron chi connectivity index (χ1n) is 3.96. The number of nitrogen functional groups attached to an aromatic ring is 1. The smallest absolute Gasteiger partial charge is 0.167 e. The molecule has 0 aliphatic carbocycles. The normalized spacial score (nSPS) is 13.3. The summed E-state index contributed by atoms with van der Waals surface area (Å²) in [4.78, 5) is 11.6. The molecule has 2 aromatic rings. The van der Waals surface area contributed by atoms with Crippen molar-refractivity contribution >= 4 is 17.0 Å². The summed E-state index contributed by atoms with van der Waals surface area (Å²) in [7, 11) is 0. The number of imidazole rings is 1. The van der Waals surface area contributed by atoms with Crippen LogP contribution in [0.2, 0.25) is 0 Å². The molecule has 14 heavy (non-hydrogen) atoms. The van der Waals surface area contributed by atoms with Crippen LogP contribution in [0.4, 0.5) is 5.82 Å². The second-order valence-electron chi connectivity index (χ2n) is 2.75. The van der Waals surface area contributed by atoms with Crippen LogP contribution in [0.25, 0.3) is 11.2 Å². The third kappa shape index (κ3) is 1.19. The lowest BCUT2D eigenvalue weighted by molar-refractivity contribution is 0.0418. The Kier molecular flexibility index (Phi) is 2.02. The van der Waals surface area contributed by atoms with Gasteiger partial charge < -0.3 is 15.9 Å². The van der Waals surface area contributed by atoms with E-state index < -0.39 is 12.8 Å². The zero-order valence-electron chi connectivity index (χ0n) is 7.20. The largest absolute Gasteiger partial charge is 0.392 e. The van der Waals surface area contributed by atoms with Crippen molar-refractivity contribution in [2.24, 2.45) is 0 Å². The third-order valence-corrected chi connectivity index (χ3v) is 1.87. The van der Waals surface area contributed by atoms with Gasteiger partial charge in [-0.3, -0.25) is 4.57 Å². The van der Waals surface area contributed by atoms with E-state index in [0.717, 1.165) is 0 Å². The molecule has 1 unspecified atom stereocenters. The molecule has 7 heteroatoms. The van der Waals surface area contributed by atoms with Gasteiger partial charge in [0.25, 0.3) is 0 Å². The summed E-state index contributed by atoms with van der Waals surface area (Å²) in [5.41, 5.74) is 6.36. The van der Waals surface area contributed by atoms with Gasteiger partial charge in [0.05, 0.1) is 12.9 Å². The zero-order valence-corrected chi connectivity index (χ0v) is 7.20. The van der Waals surface area contributed by atoms with Gasteiger partial charge in [-0.2, -0.15) is 0 Å².